The van der Waals surface area contributed by atoms with Gasteiger partial charge in [0.05, 0.1) is 23.5 Å². The fourth-order valence-electron chi connectivity index (χ4n) is 2.67. The van der Waals surface area contributed by atoms with Crippen molar-refractivity contribution in [3.8, 4) is 11.5 Å². The van der Waals surface area contributed by atoms with E-state index < -0.39 is 0 Å². The zero-order valence-electron chi connectivity index (χ0n) is 16.0. The van der Waals surface area contributed by atoms with E-state index in [2.05, 4.69) is 5.32 Å². The van der Waals surface area contributed by atoms with E-state index in [1.54, 1.807) is 43.5 Å². The highest BCUT2D eigenvalue weighted by molar-refractivity contribution is 8.18. The zero-order valence-corrected chi connectivity index (χ0v) is 17.6. The van der Waals surface area contributed by atoms with E-state index in [1.165, 1.54) is 11.3 Å². The molecular weight excluding hydrogens is 412 g/mol. The number of nitrogens with zero attached hydrogens (tertiary/aromatic N) is 1. The zero-order chi connectivity index (χ0) is 20.8. The summed E-state index contributed by atoms with van der Waals surface area (Å²) in [4.78, 5) is 38.8. The number of hydrogen-bond donors (Lipinski definition) is 1. The molecule has 152 valence electrons. The van der Waals surface area contributed by atoms with Crippen molar-refractivity contribution in [1.29, 1.82) is 0 Å². The Labute approximate surface area is 176 Å². The third-order valence-electron chi connectivity index (χ3n) is 4.02. The summed E-state index contributed by atoms with van der Waals surface area (Å²) in [5.41, 5.74) is 0.724. The first-order valence-electron chi connectivity index (χ1n) is 8.91. The fourth-order valence-corrected chi connectivity index (χ4v) is 4.17. The lowest BCUT2D eigenvalue weighted by Crippen LogP contribution is -2.37. The molecule has 0 spiro atoms. The van der Waals surface area contributed by atoms with Crippen molar-refractivity contribution >= 4 is 46.2 Å². The van der Waals surface area contributed by atoms with Gasteiger partial charge in [-0.25, -0.2) is 0 Å². The van der Waals surface area contributed by atoms with Crippen LogP contribution in [0, 0.1) is 0 Å². The average Bonchev–Trinajstić information content (AvgIpc) is 3.34. The smallest absolute Gasteiger partial charge is 0.293 e. The first-order chi connectivity index (χ1) is 14.0. The molecule has 0 bridgehead atoms. The maximum absolute atomic E-state index is 12.6. The molecule has 1 saturated heterocycles. The highest BCUT2D eigenvalue weighted by Gasteiger charge is 2.34. The number of benzene rings is 1. The Morgan fingerprint density at radius 3 is 2.76 bits per heavy atom. The van der Waals surface area contributed by atoms with Crippen molar-refractivity contribution in [2.24, 2.45) is 0 Å². The van der Waals surface area contributed by atoms with Gasteiger partial charge in [0, 0.05) is 13.1 Å². The van der Waals surface area contributed by atoms with Crippen LogP contribution < -0.4 is 14.8 Å². The van der Waals surface area contributed by atoms with E-state index in [0.717, 1.165) is 22.2 Å². The van der Waals surface area contributed by atoms with Crippen LogP contribution in [0.25, 0.3) is 6.08 Å². The number of nitrogens with one attached hydrogen (secondary N) is 1. The number of imide groups is 1. The monoisotopic (exact) mass is 432 g/mol. The van der Waals surface area contributed by atoms with E-state index in [-0.39, 0.29) is 30.1 Å². The number of thiophene rings is 1. The predicted octanol–water partition coefficient (Wildman–Crippen LogP) is 3.62. The van der Waals surface area contributed by atoms with Gasteiger partial charge in [0.1, 0.15) is 0 Å². The van der Waals surface area contributed by atoms with Crippen LogP contribution in [0.1, 0.15) is 22.2 Å². The second-order valence-corrected chi connectivity index (χ2v) is 7.85. The lowest BCUT2D eigenvalue weighted by Gasteiger charge is -2.12. The molecule has 1 aliphatic rings. The highest BCUT2D eigenvalue weighted by Crippen LogP contribution is 2.34. The molecular formula is C20H20N2O5S2. The summed E-state index contributed by atoms with van der Waals surface area (Å²) in [5.74, 6) is 0.570. The van der Waals surface area contributed by atoms with Gasteiger partial charge in [0.25, 0.3) is 17.1 Å². The maximum atomic E-state index is 12.6. The summed E-state index contributed by atoms with van der Waals surface area (Å²) in [7, 11) is 1.54. The van der Waals surface area contributed by atoms with Crippen molar-refractivity contribution in [2.45, 2.75) is 6.92 Å². The number of thioether (sulfide) groups is 1. The van der Waals surface area contributed by atoms with Crippen molar-refractivity contribution in [3.05, 3.63) is 51.1 Å². The third kappa shape index (κ3) is 4.99. The van der Waals surface area contributed by atoms with Gasteiger partial charge in [-0.05, 0) is 53.9 Å². The lowest BCUT2D eigenvalue weighted by molar-refractivity contribution is -0.122. The topological polar surface area (TPSA) is 84.9 Å². The molecule has 0 radical (unpaired) electrons. The molecule has 1 aromatic carbocycles. The summed E-state index contributed by atoms with van der Waals surface area (Å²) in [5, 5.41) is 4.17. The second-order valence-electron chi connectivity index (χ2n) is 5.91. The average molecular weight is 433 g/mol. The van der Waals surface area contributed by atoms with Gasteiger partial charge in [0.2, 0.25) is 0 Å². The normalized spacial score (nSPS) is 15.1. The van der Waals surface area contributed by atoms with Gasteiger partial charge in [0.15, 0.2) is 11.5 Å². The Morgan fingerprint density at radius 2 is 2.07 bits per heavy atom. The Hall–Kier alpha value is -2.78. The highest BCUT2D eigenvalue weighted by atomic mass is 32.2. The van der Waals surface area contributed by atoms with Crippen LogP contribution in [0.2, 0.25) is 0 Å². The fraction of sp³-hybridized carbons (Fsp3) is 0.250. The van der Waals surface area contributed by atoms with Gasteiger partial charge < -0.3 is 14.8 Å². The van der Waals surface area contributed by atoms with E-state index in [9.17, 15) is 14.4 Å². The Kier molecular flexibility index (Phi) is 6.95. The molecule has 1 aliphatic heterocycles. The number of methoxy groups -OCH3 is 1. The Morgan fingerprint density at radius 1 is 1.24 bits per heavy atom. The lowest BCUT2D eigenvalue weighted by atomic mass is 10.2. The summed E-state index contributed by atoms with van der Waals surface area (Å²) >= 11 is 2.21. The number of hydrogen-bond acceptors (Lipinski definition) is 7. The van der Waals surface area contributed by atoms with Crippen LogP contribution in [-0.4, -0.2) is 48.8 Å². The van der Waals surface area contributed by atoms with Crippen molar-refractivity contribution in [1.82, 2.24) is 10.2 Å². The Balaban J connectivity index is 1.64. The molecule has 0 atom stereocenters. The SMILES string of the molecule is CCOc1ccc(/C=C2\SC(=O)N(CCNC(=O)c3cccs3)C2=O)cc1OC. The molecule has 3 amide bonds. The van der Waals surface area contributed by atoms with Crippen molar-refractivity contribution in [3.63, 3.8) is 0 Å². The van der Waals surface area contributed by atoms with Crippen LogP contribution in [0.5, 0.6) is 11.5 Å². The van der Waals surface area contributed by atoms with Crippen LogP contribution in [-0.2, 0) is 4.79 Å². The van der Waals surface area contributed by atoms with Gasteiger partial charge in [-0.15, -0.1) is 11.3 Å². The largest absolute Gasteiger partial charge is 0.493 e. The molecule has 0 aliphatic carbocycles. The standard InChI is InChI=1S/C20H20N2O5S2/c1-3-27-14-7-6-13(11-15(14)26-2)12-17-19(24)22(20(25)29-17)9-8-21-18(23)16-5-4-10-28-16/h4-7,10-12H,3,8-9H2,1-2H3,(H,21,23)/b17-12-. The number of carbonyl (C=O) groups is 3. The van der Waals surface area contributed by atoms with Crippen LogP contribution in [0.4, 0.5) is 4.79 Å². The van der Waals surface area contributed by atoms with Crippen LogP contribution in [0.3, 0.4) is 0 Å². The third-order valence-corrected chi connectivity index (χ3v) is 5.80. The molecule has 2 heterocycles. The molecule has 1 fully saturated rings. The molecule has 9 heteroatoms. The molecule has 7 nitrogen and oxygen atoms in total. The first kappa shape index (κ1) is 20.9. The molecule has 0 saturated carbocycles. The quantitative estimate of drug-likeness (QED) is 0.642. The van der Waals surface area contributed by atoms with E-state index in [4.69, 9.17) is 9.47 Å². The molecule has 29 heavy (non-hydrogen) atoms. The molecule has 2 aromatic rings. The molecule has 3 rings (SSSR count). The molecule has 1 aromatic heterocycles. The van der Waals surface area contributed by atoms with Gasteiger partial charge >= 0.3 is 0 Å². The first-order valence-corrected chi connectivity index (χ1v) is 10.6. The van der Waals surface area contributed by atoms with Crippen molar-refractivity contribution < 1.29 is 23.9 Å². The maximum Gasteiger partial charge on any atom is 0.293 e. The molecule has 1 N–H and O–H groups in total. The minimum absolute atomic E-state index is 0.117. The number of amides is 3. The van der Waals surface area contributed by atoms with Crippen molar-refractivity contribution in [2.75, 3.05) is 26.8 Å². The predicted molar refractivity (Wildman–Crippen MR) is 113 cm³/mol. The minimum Gasteiger partial charge on any atom is -0.493 e. The van der Waals surface area contributed by atoms with Crippen LogP contribution in [0.15, 0.2) is 40.6 Å². The number of ether oxygens (including phenoxy) is 2. The minimum atomic E-state index is -0.377. The summed E-state index contributed by atoms with van der Waals surface area (Å²) in [6.07, 6.45) is 1.65. The van der Waals surface area contributed by atoms with E-state index in [0.29, 0.717) is 27.9 Å². The van der Waals surface area contributed by atoms with Gasteiger partial charge in [-0.2, -0.15) is 0 Å². The van der Waals surface area contributed by atoms with Crippen LogP contribution >= 0.6 is 23.1 Å². The van der Waals surface area contributed by atoms with E-state index >= 15 is 0 Å². The molecule has 0 unspecified atom stereocenters. The number of carbonyl (C=O) groups excluding carboxylic acids is 3. The van der Waals surface area contributed by atoms with Gasteiger partial charge in [-0.3, -0.25) is 19.3 Å². The van der Waals surface area contributed by atoms with E-state index in [1.807, 2.05) is 12.3 Å². The van der Waals surface area contributed by atoms with Gasteiger partial charge in [-0.1, -0.05) is 12.1 Å². The summed E-state index contributed by atoms with van der Waals surface area (Å²) in [6.45, 7) is 2.70. The summed E-state index contributed by atoms with van der Waals surface area (Å²) < 4.78 is 10.8. The second kappa shape index (κ2) is 9.62. The Bertz CT molecular complexity index is 940. The summed E-state index contributed by atoms with van der Waals surface area (Å²) in [6, 6.07) is 8.81. The number of rotatable bonds is 8.